The Labute approximate surface area is 111 Å². The molecule has 98 valence electrons. The van der Waals surface area contributed by atoms with Gasteiger partial charge in [0, 0.05) is 18.7 Å². The highest BCUT2D eigenvalue weighted by Gasteiger charge is 2.19. The Morgan fingerprint density at radius 3 is 2.79 bits per heavy atom. The molecule has 1 N–H and O–H groups in total. The van der Waals surface area contributed by atoms with E-state index in [0.717, 1.165) is 35.6 Å². The third-order valence-corrected chi connectivity index (χ3v) is 3.35. The van der Waals surface area contributed by atoms with Crippen LogP contribution >= 0.6 is 0 Å². The maximum atomic E-state index is 12.9. The van der Waals surface area contributed by atoms with Gasteiger partial charge in [-0.15, -0.1) is 0 Å². The quantitative estimate of drug-likeness (QED) is 0.898. The lowest BCUT2D eigenvalue weighted by atomic mass is 9.94. The van der Waals surface area contributed by atoms with Gasteiger partial charge in [0.15, 0.2) is 5.76 Å². The molecule has 1 unspecified atom stereocenters. The molecule has 4 heteroatoms. The minimum absolute atomic E-state index is 0.186. The zero-order valence-electron chi connectivity index (χ0n) is 10.7. The van der Waals surface area contributed by atoms with Gasteiger partial charge in [-0.1, -0.05) is 23.4 Å². The first-order valence-corrected chi connectivity index (χ1v) is 6.34. The van der Waals surface area contributed by atoms with Crippen LogP contribution in [0.15, 0.2) is 40.9 Å². The van der Waals surface area contributed by atoms with Crippen molar-refractivity contribution in [2.75, 3.05) is 6.54 Å². The monoisotopic (exact) mass is 258 g/mol. The van der Waals surface area contributed by atoms with Gasteiger partial charge in [-0.25, -0.2) is 4.39 Å². The third-order valence-electron chi connectivity index (χ3n) is 3.35. The summed E-state index contributed by atoms with van der Waals surface area (Å²) in [7, 11) is 0. The highest BCUT2D eigenvalue weighted by molar-refractivity contribution is 5.63. The normalized spacial score (nSPS) is 19.3. The fourth-order valence-corrected chi connectivity index (χ4v) is 2.35. The van der Waals surface area contributed by atoms with Crippen LogP contribution < -0.4 is 5.32 Å². The number of hydrogen-bond donors (Lipinski definition) is 1. The van der Waals surface area contributed by atoms with Crippen LogP contribution in [0.5, 0.6) is 0 Å². The lowest BCUT2D eigenvalue weighted by Gasteiger charge is -2.23. The second-order valence-electron chi connectivity index (χ2n) is 4.78. The van der Waals surface area contributed by atoms with Gasteiger partial charge in [0.1, 0.15) is 5.82 Å². The summed E-state index contributed by atoms with van der Waals surface area (Å²) in [6.07, 6.45) is 2.93. The van der Waals surface area contributed by atoms with E-state index in [1.54, 1.807) is 0 Å². The van der Waals surface area contributed by atoms with E-state index in [0.29, 0.717) is 0 Å². The fraction of sp³-hybridized carbons (Fsp3) is 0.267. The predicted molar refractivity (Wildman–Crippen MR) is 71.0 cm³/mol. The predicted octanol–water partition coefficient (Wildman–Crippen LogP) is 3.24. The van der Waals surface area contributed by atoms with Gasteiger partial charge in [-0.05, 0) is 36.6 Å². The molecule has 0 spiro atoms. The van der Waals surface area contributed by atoms with E-state index in [9.17, 15) is 4.39 Å². The minimum atomic E-state index is -0.207. The minimum Gasteiger partial charge on any atom is -0.356 e. The van der Waals surface area contributed by atoms with Crippen molar-refractivity contribution in [3.8, 4) is 0 Å². The lowest BCUT2D eigenvalue weighted by molar-refractivity contribution is 0.401. The number of rotatable bonds is 2. The van der Waals surface area contributed by atoms with Gasteiger partial charge in [0.25, 0.3) is 0 Å². The standard InChI is InChI=1S/C15H15FN2O/c1-10-8-15(19-18-10)12-6-7-17-14(9-12)11-2-4-13(16)5-3-11/h2-6,8,14,17H,7,9H2,1H3. The number of nitrogens with zero attached hydrogens (tertiary/aromatic N) is 1. The van der Waals surface area contributed by atoms with Crippen LogP contribution in [0.25, 0.3) is 5.57 Å². The van der Waals surface area contributed by atoms with Crippen LogP contribution in [0.2, 0.25) is 0 Å². The van der Waals surface area contributed by atoms with Crippen molar-refractivity contribution in [2.24, 2.45) is 0 Å². The van der Waals surface area contributed by atoms with Crippen LogP contribution in [0.3, 0.4) is 0 Å². The summed E-state index contributed by atoms with van der Waals surface area (Å²) in [6.45, 7) is 2.68. The van der Waals surface area contributed by atoms with E-state index in [-0.39, 0.29) is 11.9 Å². The second kappa shape index (κ2) is 4.97. The van der Waals surface area contributed by atoms with E-state index < -0.39 is 0 Å². The molecular weight excluding hydrogens is 243 g/mol. The third kappa shape index (κ3) is 2.58. The smallest absolute Gasteiger partial charge is 0.162 e. The molecule has 1 aliphatic heterocycles. The number of aryl methyl sites for hydroxylation is 1. The Morgan fingerprint density at radius 1 is 1.32 bits per heavy atom. The zero-order valence-corrected chi connectivity index (χ0v) is 10.7. The van der Waals surface area contributed by atoms with Crippen molar-refractivity contribution in [3.63, 3.8) is 0 Å². The number of halogens is 1. The summed E-state index contributed by atoms with van der Waals surface area (Å²) in [5, 5.41) is 7.32. The topological polar surface area (TPSA) is 38.1 Å². The van der Waals surface area contributed by atoms with Crippen molar-refractivity contribution in [1.82, 2.24) is 10.5 Å². The van der Waals surface area contributed by atoms with Gasteiger partial charge in [0.05, 0.1) is 5.69 Å². The van der Waals surface area contributed by atoms with Gasteiger partial charge in [-0.3, -0.25) is 0 Å². The number of nitrogens with one attached hydrogen (secondary N) is 1. The van der Waals surface area contributed by atoms with Gasteiger partial charge in [0.2, 0.25) is 0 Å². The van der Waals surface area contributed by atoms with Gasteiger partial charge >= 0.3 is 0 Å². The molecule has 1 aromatic carbocycles. The lowest BCUT2D eigenvalue weighted by Crippen LogP contribution is -2.25. The first-order chi connectivity index (χ1) is 9.22. The SMILES string of the molecule is Cc1cc(C2=CCNC(c3ccc(F)cc3)C2)on1. The fourth-order valence-electron chi connectivity index (χ4n) is 2.35. The summed E-state index contributed by atoms with van der Waals surface area (Å²) < 4.78 is 18.2. The summed E-state index contributed by atoms with van der Waals surface area (Å²) in [5.74, 6) is 0.618. The van der Waals surface area contributed by atoms with Crippen LogP contribution in [0, 0.1) is 12.7 Å². The summed E-state index contributed by atoms with van der Waals surface area (Å²) in [6, 6.07) is 8.76. The average Bonchev–Trinajstić information content (AvgIpc) is 2.86. The highest BCUT2D eigenvalue weighted by atomic mass is 19.1. The summed E-state index contributed by atoms with van der Waals surface area (Å²) in [5.41, 5.74) is 3.12. The van der Waals surface area contributed by atoms with Crippen molar-refractivity contribution < 1.29 is 8.91 Å². The largest absolute Gasteiger partial charge is 0.356 e. The average molecular weight is 258 g/mol. The van der Waals surface area contributed by atoms with Crippen LogP contribution in [0.1, 0.15) is 29.5 Å². The molecule has 2 aromatic rings. The molecule has 0 saturated heterocycles. The van der Waals surface area contributed by atoms with Crippen molar-refractivity contribution in [2.45, 2.75) is 19.4 Å². The van der Waals surface area contributed by atoms with Crippen LogP contribution in [0.4, 0.5) is 4.39 Å². The Bertz CT molecular complexity index is 601. The molecule has 0 saturated carbocycles. The number of hydrogen-bond acceptors (Lipinski definition) is 3. The van der Waals surface area contributed by atoms with E-state index in [2.05, 4.69) is 16.5 Å². The van der Waals surface area contributed by atoms with E-state index >= 15 is 0 Å². The Hall–Kier alpha value is -1.94. The van der Waals surface area contributed by atoms with Crippen LogP contribution in [-0.2, 0) is 0 Å². The number of aromatic nitrogens is 1. The van der Waals surface area contributed by atoms with E-state index in [1.165, 1.54) is 12.1 Å². The molecule has 3 nitrogen and oxygen atoms in total. The molecule has 0 aliphatic carbocycles. The van der Waals surface area contributed by atoms with Crippen molar-refractivity contribution in [3.05, 3.63) is 59.2 Å². The Balaban J connectivity index is 1.81. The van der Waals surface area contributed by atoms with E-state index in [1.807, 2.05) is 25.1 Å². The molecular formula is C15H15FN2O. The van der Waals surface area contributed by atoms with Crippen molar-refractivity contribution >= 4 is 5.57 Å². The highest BCUT2D eigenvalue weighted by Crippen LogP contribution is 2.30. The van der Waals surface area contributed by atoms with Gasteiger partial charge < -0.3 is 9.84 Å². The molecule has 1 aliphatic rings. The molecule has 1 aromatic heterocycles. The molecule has 3 rings (SSSR count). The number of benzene rings is 1. The molecule has 0 radical (unpaired) electrons. The summed E-state index contributed by atoms with van der Waals surface area (Å²) >= 11 is 0. The first-order valence-electron chi connectivity index (χ1n) is 6.34. The maximum absolute atomic E-state index is 12.9. The Kier molecular flexibility index (Phi) is 3.17. The molecule has 19 heavy (non-hydrogen) atoms. The Morgan fingerprint density at radius 2 is 2.11 bits per heavy atom. The van der Waals surface area contributed by atoms with Gasteiger partial charge in [-0.2, -0.15) is 0 Å². The van der Waals surface area contributed by atoms with Crippen molar-refractivity contribution in [1.29, 1.82) is 0 Å². The molecule has 0 amide bonds. The molecule has 1 atom stereocenters. The summed E-state index contributed by atoms with van der Waals surface area (Å²) in [4.78, 5) is 0. The molecule has 0 bridgehead atoms. The van der Waals surface area contributed by atoms with E-state index in [4.69, 9.17) is 4.52 Å². The molecule has 2 heterocycles. The van der Waals surface area contributed by atoms with Crippen LogP contribution in [-0.4, -0.2) is 11.7 Å². The second-order valence-corrected chi connectivity index (χ2v) is 4.78. The maximum Gasteiger partial charge on any atom is 0.162 e. The zero-order chi connectivity index (χ0) is 13.2. The first kappa shape index (κ1) is 12.1. The molecule has 0 fully saturated rings.